The van der Waals surface area contributed by atoms with Crippen LogP contribution in [0.3, 0.4) is 0 Å². The lowest BCUT2D eigenvalue weighted by Crippen LogP contribution is -2.45. The van der Waals surface area contributed by atoms with Crippen molar-refractivity contribution in [3.8, 4) is 0 Å². The predicted molar refractivity (Wildman–Crippen MR) is 74.9 cm³/mol. The normalized spacial score (nSPS) is 13.8. The Balaban J connectivity index is 3.92. The van der Waals surface area contributed by atoms with Crippen molar-refractivity contribution in [2.75, 3.05) is 0 Å². The second-order valence-corrected chi connectivity index (χ2v) is 5.45. The minimum Gasteiger partial charge on any atom is -0.309 e. The molecule has 1 nitrogen and oxygen atoms in total. The molecular weight excluding hydrogens is 194 g/mol. The average Bonchev–Trinajstić information content (AvgIpc) is 2.24. The summed E-state index contributed by atoms with van der Waals surface area (Å²) < 4.78 is 0. The number of hydrogen-bond acceptors (Lipinski definition) is 1. The first kappa shape index (κ1) is 15.7. The average molecular weight is 225 g/mol. The van der Waals surface area contributed by atoms with Crippen molar-refractivity contribution < 1.29 is 0 Å². The van der Waals surface area contributed by atoms with Crippen LogP contribution in [0.4, 0.5) is 0 Å². The zero-order valence-electron chi connectivity index (χ0n) is 11.8. The molecule has 0 heterocycles. The molecular formula is C15H31N. The highest BCUT2D eigenvalue weighted by Crippen LogP contribution is 2.14. The summed E-state index contributed by atoms with van der Waals surface area (Å²) in [5, 5.41) is 3.75. The fourth-order valence-electron chi connectivity index (χ4n) is 1.92. The van der Waals surface area contributed by atoms with Gasteiger partial charge in [-0.1, -0.05) is 45.6 Å². The van der Waals surface area contributed by atoms with E-state index >= 15 is 0 Å². The SMILES string of the molecule is C=CCC(CCCCCC)NC(C)(C)CC. The van der Waals surface area contributed by atoms with Crippen molar-refractivity contribution >= 4 is 0 Å². The summed E-state index contributed by atoms with van der Waals surface area (Å²) in [6.45, 7) is 12.9. The molecule has 0 aliphatic heterocycles. The van der Waals surface area contributed by atoms with E-state index in [-0.39, 0.29) is 5.54 Å². The van der Waals surface area contributed by atoms with E-state index in [2.05, 4.69) is 39.6 Å². The van der Waals surface area contributed by atoms with Gasteiger partial charge in [-0.2, -0.15) is 0 Å². The molecule has 96 valence electrons. The summed E-state index contributed by atoms with van der Waals surface area (Å²) >= 11 is 0. The van der Waals surface area contributed by atoms with E-state index in [0.717, 1.165) is 6.42 Å². The molecule has 0 amide bonds. The second kappa shape index (κ2) is 8.81. The first-order valence-corrected chi connectivity index (χ1v) is 6.94. The molecule has 16 heavy (non-hydrogen) atoms. The fourth-order valence-corrected chi connectivity index (χ4v) is 1.92. The number of nitrogens with one attached hydrogen (secondary N) is 1. The Morgan fingerprint density at radius 3 is 2.38 bits per heavy atom. The van der Waals surface area contributed by atoms with Crippen LogP contribution in [0.1, 0.15) is 72.6 Å². The number of hydrogen-bond donors (Lipinski definition) is 1. The third-order valence-corrected chi connectivity index (χ3v) is 3.34. The van der Waals surface area contributed by atoms with E-state index in [0.29, 0.717) is 6.04 Å². The minimum atomic E-state index is 0.262. The molecule has 0 saturated carbocycles. The van der Waals surface area contributed by atoms with Crippen LogP contribution >= 0.6 is 0 Å². The maximum absolute atomic E-state index is 3.86. The lowest BCUT2D eigenvalue weighted by atomic mass is 9.97. The zero-order chi connectivity index (χ0) is 12.4. The first-order valence-electron chi connectivity index (χ1n) is 6.94. The third kappa shape index (κ3) is 7.92. The molecule has 0 radical (unpaired) electrons. The van der Waals surface area contributed by atoms with Crippen LogP contribution < -0.4 is 5.32 Å². The Kier molecular flexibility index (Phi) is 8.64. The van der Waals surface area contributed by atoms with Crippen LogP contribution in [-0.4, -0.2) is 11.6 Å². The van der Waals surface area contributed by atoms with Gasteiger partial charge in [-0.05, 0) is 33.1 Å². The summed E-state index contributed by atoms with van der Waals surface area (Å²) in [6, 6.07) is 0.615. The Hall–Kier alpha value is -0.300. The maximum atomic E-state index is 3.86. The van der Waals surface area contributed by atoms with Crippen molar-refractivity contribution in [3.63, 3.8) is 0 Å². The second-order valence-electron chi connectivity index (χ2n) is 5.45. The smallest absolute Gasteiger partial charge is 0.0125 e. The Bertz CT molecular complexity index is 172. The van der Waals surface area contributed by atoms with Crippen LogP contribution in [0.15, 0.2) is 12.7 Å². The van der Waals surface area contributed by atoms with Gasteiger partial charge in [0.25, 0.3) is 0 Å². The molecule has 1 N–H and O–H groups in total. The zero-order valence-corrected chi connectivity index (χ0v) is 11.8. The van der Waals surface area contributed by atoms with Gasteiger partial charge in [-0.15, -0.1) is 6.58 Å². The number of unbranched alkanes of at least 4 members (excludes halogenated alkanes) is 3. The molecule has 0 aromatic carbocycles. The molecule has 0 fully saturated rings. The fraction of sp³-hybridized carbons (Fsp3) is 0.867. The predicted octanol–water partition coefficient (Wildman–Crippen LogP) is 4.68. The standard InChI is InChI=1S/C15H31N/c1-6-9-10-11-13-14(12-7-2)16-15(4,5)8-3/h7,14,16H,2,6,8-13H2,1,3-5H3. The molecule has 0 aliphatic rings. The molecule has 0 spiro atoms. The highest BCUT2D eigenvalue weighted by molar-refractivity contribution is 4.85. The Labute approximate surface area is 103 Å². The van der Waals surface area contributed by atoms with Crippen LogP contribution in [0.25, 0.3) is 0 Å². The maximum Gasteiger partial charge on any atom is 0.0125 e. The van der Waals surface area contributed by atoms with Crippen molar-refractivity contribution in [3.05, 3.63) is 12.7 Å². The topological polar surface area (TPSA) is 12.0 Å². The summed E-state index contributed by atoms with van der Waals surface area (Å²) in [5.41, 5.74) is 0.262. The molecule has 0 aromatic heterocycles. The quantitative estimate of drug-likeness (QED) is 0.420. The van der Waals surface area contributed by atoms with E-state index in [9.17, 15) is 0 Å². The van der Waals surface area contributed by atoms with Crippen molar-refractivity contribution in [2.45, 2.75) is 84.2 Å². The van der Waals surface area contributed by atoms with Gasteiger partial charge in [0.15, 0.2) is 0 Å². The summed E-state index contributed by atoms with van der Waals surface area (Å²) in [6.07, 6.45) is 11.0. The monoisotopic (exact) mass is 225 g/mol. The van der Waals surface area contributed by atoms with Crippen molar-refractivity contribution in [1.82, 2.24) is 5.32 Å². The Morgan fingerprint density at radius 2 is 1.88 bits per heavy atom. The highest BCUT2D eigenvalue weighted by Gasteiger charge is 2.18. The van der Waals surface area contributed by atoms with Gasteiger partial charge in [-0.3, -0.25) is 0 Å². The lowest BCUT2D eigenvalue weighted by molar-refractivity contribution is 0.308. The van der Waals surface area contributed by atoms with Crippen LogP contribution in [0.5, 0.6) is 0 Å². The van der Waals surface area contributed by atoms with Gasteiger partial charge in [0, 0.05) is 11.6 Å². The molecule has 1 heteroatoms. The molecule has 0 bridgehead atoms. The van der Waals surface area contributed by atoms with Gasteiger partial charge in [0.05, 0.1) is 0 Å². The van der Waals surface area contributed by atoms with E-state index < -0.39 is 0 Å². The third-order valence-electron chi connectivity index (χ3n) is 3.34. The van der Waals surface area contributed by atoms with E-state index in [1.165, 1.54) is 38.5 Å². The van der Waals surface area contributed by atoms with Crippen molar-refractivity contribution in [1.29, 1.82) is 0 Å². The van der Waals surface area contributed by atoms with E-state index in [1.807, 2.05) is 6.08 Å². The molecule has 0 aromatic rings. The minimum absolute atomic E-state index is 0.262. The van der Waals surface area contributed by atoms with Crippen molar-refractivity contribution in [2.24, 2.45) is 0 Å². The van der Waals surface area contributed by atoms with Gasteiger partial charge < -0.3 is 5.32 Å². The van der Waals surface area contributed by atoms with Gasteiger partial charge in [-0.25, -0.2) is 0 Å². The summed E-state index contributed by atoms with van der Waals surface area (Å²) in [7, 11) is 0. The van der Waals surface area contributed by atoms with Gasteiger partial charge in [0.2, 0.25) is 0 Å². The summed E-state index contributed by atoms with van der Waals surface area (Å²) in [4.78, 5) is 0. The lowest BCUT2D eigenvalue weighted by Gasteiger charge is -2.30. The largest absolute Gasteiger partial charge is 0.309 e. The first-order chi connectivity index (χ1) is 7.55. The molecule has 0 saturated heterocycles. The molecule has 1 unspecified atom stereocenters. The van der Waals surface area contributed by atoms with Crippen LogP contribution in [-0.2, 0) is 0 Å². The summed E-state index contributed by atoms with van der Waals surface area (Å²) in [5.74, 6) is 0. The molecule has 0 rings (SSSR count). The molecule has 1 atom stereocenters. The van der Waals surface area contributed by atoms with Crippen LogP contribution in [0, 0.1) is 0 Å². The van der Waals surface area contributed by atoms with Gasteiger partial charge >= 0.3 is 0 Å². The van der Waals surface area contributed by atoms with Crippen LogP contribution in [0.2, 0.25) is 0 Å². The number of rotatable bonds is 10. The van der Waals surface area contributed by atoms with Gasteiger partial charge in [0.1, 0.15) is 0 Å². The highest BCUT2D eigenvalue weighted by atomic mass is 15.0. The van der Waals surface area contributed by atoms with E-state index in [4.69, 9.17) is 0 Å². The Morgan fingerprint density at radius 1 is 1.19 bits per heavy atom. The van der Waals surface area contributed by atoms with E-state index in [1.54, 1.807) is 0 Å². The molecule has 0 aliphatic carbocycles.